The van der Waals surface area contributed by atoms with E-state index in [-0.39, 0.29) is 6.04 Å². The topological polar surface area (TPSA) is 106 Å². The second kappa shape index (κ2) is 6.61. The van der Waals surface area contributed by atoms with E-state index < -0.39 is 0 Å². The molecule has 0 aromatic carbocycles. The van der Waals surface area contributed by atoms with Crippen LogP contribution in [0.2, 0.25) is 0 Å². The van der Waals surface area contributed by atoms with Crippen LogP contribution < -0.4 is 10.6 Å². The zero-order chi connectivity index (χ0) is 16.2. The van der Waals surface area contributed by atoms with Crippen molar-refractivity contribution in [2.45, 2.75) is 19.9 Å². The van der Waals surface area contributed by atoms with Gasteiger partial charge in [-0.3, -0.25) is 0 Å². The first kappa shape index (κ1) is 15.2. The number of methoxy groups -OCH3 is 1. The summed E-state index contributed by atoms with van der Waals surface area (Å²) in [6.45, 7) is 5.38. The second-order valence-corrected chi connectivity index (χ2v) is 5.18. The van der Waals surface area contributed by atoms with Crippen LogP contribution >= 0.6 is 0 Å². The molecular formula is C14H20N8O. The minimum absolute atomic E-state index is 0.104. The van der Waals surface area contributed by atoms with Gasteiger partial charge in [0.2, 0.25) is 5.95 Å². The molecule has 3 rings (SSSR count). The van der Waals surface area contributed by atoms with E-state index >= 15 is 0 Å². The Morgan fingerprint density at radius 2 is 2.26 bits per heavy atom. The third-order valence-electron chi connectivity index (χ3n) is 3.37. The summed E-state index contributed by atoms with van der Waals surface area (Å²) in [7, 11) is 1.66. The highest BCUT2D eigenvalue weighted by Gasteiger charge is 2.11. The van der Waals surface area contributed by atoms with Crippen LogP contribution in [0.1, 0.15) is 19.9 Å². The van der Waals surface area contributed by atoms with Crippen molar-refractivity contribution >= 4 is 28.6 Å². The highest BCUT2D eigenvalue weighted by molar-refractivity contribution is 5.88. The van der Waals surface area contributed by atoms with E-state index in [9.17, 15) is 0 Å². The van der Waals surface area contributed by atoms with Gasteiger partial charge < -0.3 is 20.4 Å². The summed E-state index contributed by atoms with van der Waals surface area (Å²) < 4.78 is 6.86. The largest absolute Gasteiger partial charge is 0.382 e. The normalized spacial score (nSPS) is 12.5. The van der Waals surface area contributed by atoms with E-state index in [1.807, 2.05) is 26.1 Å². The maximum Gasteiger partial charge on any atom is 0.232 e. The lowest BCUT2D eigenvalue weighted by atomic mass is 10.3. The van der Waals surface area contributed by atoms with E-state index in [0.717, 1.165) is 23.4 Å². The van der Waals surface area contributed by atoms with Gasteiger partial charge in [0.1, 0.15) is 11.5 Å². The molecular weight excluding hydrogens is 296 g/mol. The van der Waals surface area contributed by atoms with E-state index in [0.29, 0.717) is 18.4 Å². The molecule has 0 unspecified atom stereocenters. The standard InChI is InChI=1S/C14H20N8O/c1-4-15-12-10-5-6-16-13(10)19-14(18-12)17-11-7-22(21-20-11)9(2)8-23-3/h5-7,9H,4,8H2,1-3H3,(H3,15,16,17,18,19)/t9-/m0/s1. The van der Waals surface area contributed by atoms with Crippen LogP contribution in [0.15, 0.2) is 18.5 Å². The Morgan fingerprint density at radius 3 is 3.04 bits per heavy atom. The minimum Gasteiger partial charge on any atom is -0.382 e. The zero-order valence-electron chi connectivity index (χ0n) is 13.4. The number of H-pyrrole nitrogens is 1. The number of aromatic nitrogens is 6. The summed E-state index contributed by atoms with van der Waals surface area (Å²) in [5.41, 5.74) is 0.763. The first-order chi connectivity index (χ1) is 11.2. The Balaban J connectivity index is 1.83. The molecule has 9 heteroatoms. The smallest absolute Gasteiger partial charge is 0.232 e. The van der Waals surface area contributed by atoms with Crippen LogP contribution in [0.3, 0.4) is 0 Å². The summed E-state index contributed by atoms with van der Waals surface area (Å²) in [4.78, 5) is 12.0. The predicted molar refractivity (Wildman–Crippen MR) is 87.9 cm³/mol. The minimum atomic E-state index is 0.104. The molecule has 0 saturated heterocycles. The first-order valence-electron chi connectivity index (χ1n) is 7.48. The number of ether oxygens (including phenoxy) is 1. The van der Waals surface area contributed by atoms with Gasteiger partial charge in [-0.15, -0.1) is 5.10 Å². The predicted octanol–water partition coefficient (Wildman–Crippen LogP) is 1.93. The van der Waals surface area contributed by atoms with Crippen LogP contribution in [0.25, 0.3) is 11.0 Å². The fraction of sp³-hybridized carbons (Fsp3) is 0.429. The number of anilines is 3. The number of hydrogen-bond donors (Lipinski definition) is 3. The van der Waals surface area contributed by atoms with Crippen molar-refractivity contribution in [3.63, 3.8) is 0 Å². The number of fused-ring (bicyclic) bond motifs is 1. The highest BCUT2D eigenvalue weighted by atomic mass is 16.5. The maximum absolute atomic E-state index is 5.12. The quantitative estimate of drug-likeness (QED) is 0.611. The molecule has 0 spiro atoms. The van der Waals surface area contributed by atoms with E-state index in [1.54, 1.807) is 18.0 Å². The van der Waals surface area contributed by atoms with Crippen LogP contribution in [0.5, 0.6) is 0 Å². The van der Waals surface area contributed by atoms with Gasteiger partial charge >= 0.3 is 0 Å². The van der Waals surface area contributed by atoms with Crippen molar-refractivity contribution < 1.29 is 4.74 Å². The molecule has 3 aromatic rings. The summed E-state index contributed by atoms with van der Waals surface area (Å²) in [5, 5.41) is 15.5. The van der Waals surface area contributed by atoms with Gasteiger partial charge in [-0.1, -0.05) is 5.21 Å². The first-order valence-corrected chi connectivity index (χ1v) is 7.48. The molecule has 3 aromatic heterocycles. The number of hydrogen-bond acceptors (Lipinski definition) is 7. The molecule has 9 nitrogen and oxygen atoms in total. The number of nitrogens with one attached hydrogen (secondary N) is 3. The third-order valence-corrected chi connectivity index (χ3v) is 3.37. The highest BCUT2D eigenvalue weighted by Crippen LogP contribution is 2.22. The van der Waals surface area contributed by atoms with Crippen LogP contribution in [0, 0.1) is 0 Å². The van der Waals surface area contributed by atoms with Gasteiger partial charge in [-0.25, -0.2) is 4.68 Å². The lowest BCUT2D eigenvalue weighted by Gasteiger charge is -2.09. The molecule has 0 saturated carbocycles. The van der Waals surface area contributed by atoms with Gasteiger partial charge in [0.15, 0.2) is 5.82 Å². The average molecular weight is 316 g/mol. The van der Waals surface area contributed by atoms with Crippen LogP contribution in [0.4, 0.5) is 17.6 Å². The summed E-state index contributed by atoms with van der Waals surface area (Å²) >= 11 is 0. The van der Waals surface area contributed by atoms with Gasteiger partial charge in [-0.2, -0.15) is 9.97 Å². The molecule has 0 aliphatic heterocycles. The van der Waals surface area contributed by atoms with Crippen molar-refractivity contribution in [1.29, 1.82) is 0 Å². The van der Waals surface area contributed by atoms with Gasteiger partial charge in [0.05, 0.1) is 24.2 Å². The molecule has 3 N–H and O–H groups in total. The van der Waals surface area contributed by atoms with Crippen molar-refractivity contribution in [1.82, 2.24) is 29.9 Å². The van der Waals surface area contributed by atoms with E-state index in [4.69, 9.17) is 4.74 Å². The van der Waals surface area contributed by atoms with Gasteiger partial charge in [0, 0.05) is 19.9 Å². The maximum atomic E-state index is 5.12. The van der Waals surface area contributed by atoms with E-state index in [2.05, 4.69) is 35.9 Å². The average Bonchev–Trinajstić information content (AvgIpc) is 3.17. The van der Waals surface area contributed by atoms with Crippen molar-refractivity contribution in [3.8, 4) is 0 Å². The van der Waals surface area contributed by atoms with Crippen molar-refractivity contribution in [3.05, 3.63) is 18.5 Å². The molecule has 0 radical (unpaired) electrons. The van der Waals surface area contributed by atoms with Gasteiger partial charge in [-0.05, 0) is 19.9 Å². The fourth-order valence-corrected chi connectivity index (χ4v) is 2.28. The molecule has 0 aliphatic carbocycles. The molecule has 0 bridgehead atoms. The van der Waals surface area contributed by atoms with E-state index in [1.165, 1.54) is 0 Å². The third kappa shape index (κ3) is 3.24. The molecule has 0 amide bonds. The monoisotopic (exact) mass is 316 g/mol. The summed E-state index contributed by atoms with van der Waals surface area (Å²) in [6.07, 6.45) is 3.64. The number of aromatic amines is 1. The lowest BCUT2D eigenvalue weighted by molar-refractivity contribution is 0.156. The second-order valence-electron chi connectivity index (χ2n) is 5.18. The SMILES string of the molecule is CCNc1nc(Nc2cn([C@@H](C)COC)nn2)nc2[nH]ccc12. The molecule has 23 heavy (non-hydrogen) atoms. The summed E-state index contributed by atoms with van der Waals surface area (Å²) in [5.74, 6) is 1.82. The Morgan fingerprint density at radius 1 is 1.39 bits per heavy atom. The Labute approximate surface area is 133 Å². The Bertz CT molecular complexity index is 780. The summed E-state index contributed by atoms with van der Waals surface area (Å²) in [6, 6.07) is 2.05. The van der Waals surface area contributed by atoms with Crippen LogP contribution in [-0.2, 0) is 4.74 Å². The van der Waals surface area contributed by atoms with Crippen molar-refractivity contribution in [2.24, 2.45) is 0 Å². The molecule has 0 aliphatic rings. The zero-order valence-corrected chi connectivity index (χ0v) is 13.4. The van der Waals surface area contributed by atoms with Gasteiger partial charge in [0.25, 0.3) is 0 Å². The number of nitrogens with zero attached hydrogens (tertiary/aromatic N) is 5. The lowest BCUT2D eigenvalue weighted by Crippen LogP contribution is -2.11. The van der Waals surface area contributed by atoms with Crippen molar-refractivity contribution in [2.75, 3.05) is 30.9 Å². The van der Waals surface area contributed by atoms with Crippen LogP contribution in [-0.4, -0.2) is 50.2 Å². The Kier molecular flexibility index (Phi) is 4.38. The molecule has 0 fully saturated rings. The number of rotatable bonds is 7. The molecule has 1 atom stereocenters. The fourth-order valence-electron chi connectivity index (χ4n) is 2.28. The Hall–Kier alpha value is -2.68. The molecule has 3 heterocycles. The molecule has 122 valence electrons.